The summed E-state index contributed by atoms with van der Waals surface area (Å²) in [4.78, 5) is 20.2. The maximum absolute atomic E-state index is 10.4. The van der Waals surface area contributed by atoms with E-state index in [9.17, 15) is 9.59 Å². The second-order valence-electron chi connectivity index (χ2n) is 1.52. The Morgan fingerprint density at radius 3 is 2.17 bits per heavy atom. The number of carbonyl (C=O) groups excluding carboxylic acids is 1. The SMILES string of the molecule is CC.O=C(O)CCC(=O)OCCl. The zero-order valence-electron chi connectivity index (χ0n) is 7.17. The van der Waals surface area contributed by atoms with Crippen molar-refractivity contribution in [3.63, 3.8) is 0 Å². The quantitative estimate of drug-likeness (QED) is 0.548. The first-order valence-electron chi connectivity index (χ1n) is 3.60. The Bertz CT molecular complexity index is 135. The molecule has 0 radical (unpaired) electrons. The van der Waals surface area contributed by atoms with Crippen LogP contribution in [0, 0.1) is 0 Å². The van der Waals surface area contributed by atoms with Crippen LogP contribution in [-0.2, 0) is 14.3 Å². The van der Waals surface area contributed by atoms with Gasteiger partial charge in [0.2, 0.25) is 0 Å². The molecule has 0 atom stereocenters. The van der Waals surface area contributed by atoms with Crippen molar-refractivity contribution in [1.82, 2.24) is 0 Å². The summed E-state index contributed by atoms with van der Waals surface area (Å²) < 4.78 is 4.26. The lowest BCUT2D eigenvalue weighted by Gasteiger charge is -1.96. The summed E-state index contributed by atoms with van der Waals surface area (Å²) in [6.45, 7) is 4.00. The molecule has 5 heteroatoms. The Hall–Kier alpha value is -0.770. The van der Waals surface area contributed by atoms with E-state index in [2.05, 4.69) is 4.74 Å². The molecular formula is C7H13ClO4. The van der Waals surface area contributed by atoms with Crippen LogP contribution in [0.5, 0.6) is 0 Å². The molecule has 0 aliphatic heterocycles. The summed E-state index contributed by atoms with van der Waals surface area (Å²) in [7, 11) is 0. The molecule has 0 spiro atoms. The van der Waals surface area contributed by atoms with Gasteiger partial charge in [0.15, 0.2) is 6.07 Å². The van der Waals surface area contributed by atoms with Crippen LogP contribution in [0.4, 0.5) is 0 Å². The maximum Gasteiger partial charge on any atom is 0.307 e. The minimum absolute atomic E-state index is 0.123. The van der Waals surface area contributed by atoms with Crippen LogP contribution in [0.3, 0.4) is 0 Å². The van der Waals surface area contributed by atoms with Gasteiger partial charge in [0, 0.05) is 0 Å². The monoisotopic (exact) mass is 196 g/mol. The molecule has 0 bridgehead atoms. The molecule has 0 aromatic rings. The van der Waals surface area contributed by atoms with Gasteiger partial charge in [-0.1, -0.05) is 25.4 Å². The average molecular weight is 197 g/mol. The van der Waals surface area contributed by atoms with Crippen molar-refractivity contribution < 1.29 is 19.4 Å². The summed E-state index contributed by atoms with van der Waals surface area (Å²) in [5, 5.41) is 8.09. The van der Waals surface area contributed by atoms with E-state index in [4.69, 9.17) is 16.7 Å². The molecule has 1 N–H and O–H groups in total. The van der Waals surface area contributed by atoms with Crippen molar-refractivity contribution in [3.8, 4) is 0 Å². The Balaban J connectivity index is 0. The minimum Gasteiger partial charge on any atom is -0.481 e. The molecule has 0 fully saturated rings. The first kappa shape index (κ1) is 13.8. The number of alkyl halides is 1. The lowest BCUT2D eigenvalue weighted by Crippen LogP contribution is -2.05. The molecule has 0 unspecified atom stereocenters. The lowest BCUT2D eigenvalue weighted by atomic mass is 10.3. The number of aliphatic carboxylic acids is 1. The van der Waals surface area contributed by atoms with Crippen molar-refractivity contribution in [2.75, 3.05) is 6.07 Å². The van der Waals surface area contributed by atoms with Gasteiger partial charge < -0.3 is 9.84 Å². The number of ether oxygens (including phenoxy) is 1. The van der Waals surface area contributed by atoms with E-state index in [1.54, 1.807) is 0 Å². The van der Waals surface area contributed by atoms with Crippen LogP contribution in [0.25, 0.3) is 0 Å². The molecule has 12 heavy (non-hydrogen) atoms. The molecule has 0 heterocycles. The summed E-state index contributed by atoms with van der Waals surface area (Å²) in [6, 6.07) is -0.224. The van der Waals surface area contributed by atoms with Gasteiger partial charge in [-0.15, -0.1) is 0 Å². The van der Waals surface area contributed by atoms with E-state index in [0.717, 1.165) is 0 Å². The number of hydrogen-bond donors (Lipinski definition) is 1. The maximum atomic E-state index is 10.4. The third-order valence-corrected chi connectivity index (χ3v) is 0.868. The predicted octanol–water partition coefficient (Wildman–Crippen LogP) is 1.62. The second kappa shape index (κ2) is 10.2. The number of esters is 1. The summed E-state index contributed by atoms with van der Waals surface area (Å²) >= 11 is 5.02. The fraction of sp³-hybridized carbons (Fsp3) is 0.714. The number of rotatable bonds is 4. The van der Waals surface area contributed by atoms with E-state index in [1.165, 1.54) is 0 Å². The van der Waals surface area contributed by atoms with Crippen LogP contribution >= 0.6 is 11.6 Å². The van der Waals surface area contributed by atoms with E-state index >= 15 is 0 Å². The molecule has 0 aliphatic rings. The minimum atomic E-state index is -1.02. The number of halogens is 1. The van der Waals surface area contributed by atoms with Crippen molar-refractivity contribution in [3.05, 3.63) is 0 Å². The highest BCUT2D eigenvalue weighted by Crippen LogP contribution is 1.93. The molecular weight excluding hydrogens is 184 g/mol. The van der Waals surface area contributed by atoms with Crippen molar-refractivity contribution >= 4 is 23.5 Å². The molecule has 0 rings (SSSR count). The van der Waals surface area contributed by atoms with Gasteiger partial charge in [0.05, 0.1) is 12.8 Å². The third-order valence-electron chi connectivity index (χ3n) is 0.759. The zero-order valence-corrected chi connectivity index (χ0v) is 7.93. The van der Waals surface area contributed by atoms with Crippen LogP contribution in [0.2, 0.25) is 0 Å². The van der Waals surface area contributed by atoms with Crippen LogP contribution < -0.4 is 0 Å². The summed E-state index contributed by atoms with van der Waals surface area (Å²) in [5.74, 6) is -1.61. The molecule has 0 amide bonds. The average Bonchev–Trinajstić information content (AvgIpc) is 2.05. The first-order valence-corrected chi connectivity index (χ1v) is 4.13. The standard InChI is InChI=1S/C5H7ClO4.C2H6/c6-3-10-5(9)2-1-4(7)8;1-2/h1-3H2,(H,7,8);1-2H3. The lowest BCUT2D eigenvalue weighted by molar-refractivity contribution is -0.146. The first-order chi connectivity index (χ1) is 5.66. The number of hydrogen-bond acceptors (Lipinski definition) is 3. The molecule has 0 saturated heterocycles. The summed E-state index contributed by atoms with van der Waals surface area (Å²) in [6.07, 6.45) is -0.336. The number of carbonyl (C=O) groups is 2. The predicted molar refractivity (Wildman–Crippen MR) is 45.0 cm³/mol. The smallest absolute Gasteiger partial charge is 0.307 e. The van der Waals surface area contributed by atoms with E-state index in [0.29, 0.717) is 0 Å². The van der Waals surface area contributed by atoms with Gasteiger partial charge in [0.1, 0.15) is 0 Å². The van der Waals surface area contributed by atoms with Gasteiger partial charge in [-0.3, -0.25) is 9.59 Å². The third kappa shape index (κ3) is 12.0. The van der Waals surface area contributed by atoms with Gasteiger partial charge in [-0.2, -0.15) is 0 Å². The highest BCUT2D eigenvalue weighted by Gasteiger charge is 2.04. The van der Waals surface area contributed by atoms with E-state index in [-0.39, 0.29) is 18.9 Å². The van der Waals surface area contributed by atoms with Gasteiger partial charge in [0.25, 0.3) is 0 Å². The molecule has 0 saturated carbocycles. The fourth-order valence-corrected chi connectivity index (χ4v) is 0.464. The van der Waals surface area contributed by atoms with Crippen molar-refractivity contribution in [1.29, 1.82) is 0 Å². The molecule has 0 aliphatic carbocycles. The topological polar surface area (TPSA) is 63.6 Å². The van der Waals surface area contributed by atoms with Gasteiger partial charge in [-0.05, 0) is 0 Å². The number of carboxylic acids is 1. The second-order valence-corrected chi connectivity index (χ2v) is 1.74. The Morgan fingerprint density at radius 2 is 1.83 bits per heavy atom. The highest BCUT2D eigenvalue weighted by molar-refractivity contribution is 6.17. The Kier molecular flexibility index (Phi) is 11.8. The molecule has 72 valence electrons. The molecule has 0 aromatic heterocycles. The zero-order chi connectivity index (χ0) is 9.98. The highest BCUT2D eigenvalue weighted by atomic mass is 35.5. The fourth-order valence-electron chi connectivity index (χ4n) is 0.342. The van der Waals surface area contributed by atoms with Crippen molar-refractivity contribution in [2.45, 2.75) is 26.7 Å². The largest absolute Gasteiger partial charge is 0.481 e. The van der Waals surface area contributed by atoms with Gasteiger partial charge in [-0.25, -0.2) is 0 Å². The van der Waals surface area contributed by atoms with E-state index < -0.39 is 11.9 Å². The molecule has 4 nitrogen and oxygen atoms in total. The van der Waals surface area contributed by atoms with E-state index in [1.807, 2.05) is 13.8 Å². The van der Waals surface area contributed by atoms with Crippen LogP contribution in [0.15, 0.2) is 0 Å². The van der Waals surface area contributed by atoms with Crippen LogP contribution in [0.1, 0.15) is 26.7 Å². The number of carboxylic acid groups (broad SMARTS) is 1. The van der Waals surface area contributed by atoms with Crippen molar-refractivity contribution in [2.24, 2.45) is 0 Å². The Morgan fingerprint density at radius 1 is 1.33 bits per heavy atom. The summed E-state index contributed by atoms with van der Waals surface area (Å²) in [5.41, 5.74) is 0. The molecule has 0 aromatic carbocycles. The van der Waals surface area contributed by atoms with Gasteiger partial charge >= 0.3 is 11.9 Å². The Labute approximate surface area is 76.5 Å². The normalized spacial score (nSPS) is 7.92. The van der Waals surface area contributed by atoms with Crippen LogP contribution in [-0.4, -0.2) is 23.1 Å².